The molecular weight excluding hydrogens is 284 g/mol. The lowest BCUT2D eigenvalue weighted by Crippen LogP contribution is -2.24. The summed E-state index contributed by atoms with van der Waals surface area (Å²) in [5.41, 5.74) is 5.95. The number of hydrogen-bond donors (Lipinski definition) is 1. The summed E-state index contributed by atoms with van der Waals surface area (Å²) in [6.45, 7) is 1.92. The first-order chi connectivity index (χ1) is 11.3. The topological polar surface area (TPSA) is 41.0 Å². The lowest BCUT2D eigenvalue weighted by molar-refractivity contribution is 0.743. The molecule has 0 radical (unpaired) electrons. The van der Waals surface area contributed by atoms with E-state index in [1.54, 1.807) is 6.20 Å². The number of para-hydroxylation sites is 2. The Morgan fingerprint density at radius 2 is 2.00 bits per heavy atom. The van der Waals surface area contributed by atoms with Gasteiger partial charge in [-0.05, 0) is 42.2 Å². The van der Waals surface area contributed by atoms with Crippen LogP contribution in [0.3, 0.4) is 0 Å². The molecule has 0 saturated heterocycles. The normalized spacial score (nSPS) is 13.9. The van der Waals surface area contributed by atoms with Gasteiger partial charge in [0.2, 0.25) is 0 Å². The molecule has 4 heteroatoms. The molecule has 1 aliphatic heterocycles. The highest BCUT2D eigenvalue weighted by atomic mass is 15.1. The number of aromatic nitrogens is 2. The van der Waals surface area contributed by atoms with Gasteiger partial charge in [0.15, 0.2) is 0 Å². The molecule has 0 fully saturated rings. The molecule has 0 saturated carbocycles. The Labute approximate surface area is 136 Å². The van der Waals surface area contributed by atoms with Crippen molar-refractivity contribution in [2.75, 3.05) is 23.8 Å². The van der Waals surface area contributed by atoms with Crippen LogP contribution in [0, 0.1) is 0 Å². The number of rotatable bonds is 3. The summed E-state index contributed by atoms with van der Waals surface area (Å²) < 4.78 is 0. The van der Waals surface area contributed by atoms with Crippen LogP contribution in [0.15, 0.2) is 48.7 Å². The molecule has 0 aliphatic carbocycles. The van der Waals surface area contributed by atoms with E-state index in [-0.39, 0.29) is 0 Å². The number of fused-ring (bicyclic) bond motifs is 2. The molecule has 4 rings (SSSR count). The number of benzene rings is 2. The van der Waals surface area contributed by atoms with Gasteiger partial charge in [-0.25, -0.2) is 4.98 Å². The van der Waals surface area contributed by atoms with Crippen molar-refractivity contribution in [3.63, 3.8) is 0 Å². The van der Waals surface area contributed by atoms with Crippen molar-refractivity contribution in [2.45, 2.75) is 19.4 Å². The summed E-state index contributed by atoms with van der Waals surface area (Å²) in [4.78, 5) is 11.4. The van der Waals surface area contributed by atoms with Crippen molar-refractivity contribution in [3.05, 3.63) is 59.8 Å². The maximum atomic E-state index is 4.61. The van der Waals surface area contributed by atoms with Crippen molar-refractivity contribution >= 4 is 22.5 Å². The summed E-state index contributed by atoms with van der Waals surface area (Å²) >= 11 is 0. The molecule has 2 aromatic carbocycles. The molecule has 116 valence electrons. The van der Waals surface area contributed by atoms with E-state index in [9.17, 15) is 0 Å². The van der Waals surface area contributed by atoms with Crippen LogP contribution >= 0.6 is 0 Å². The lowest BCUT2D eigenvalue weighted by atomic mass is 9.99. The molecule has 0 unspecified atom stereocenters. The van der Waals surface area contributed by atoms with Crippen LogP contribution in [0.2, 0.25) is 0 Å². The predicted molar refractivity (Wildman–Crippen MR) is 94.9 cm³/mol. The molecule has 4 nitrogen and oxygen atoms in total. The first kappa shape index (κ1) is 14.0. The van der Waals surface area contributed by atoms with Crippen molar-refractivity contribution < 1.29 is 0 Å². The van der Waals surface area contributed by atoms with Gasteiger partial charge in [-0.2, -0.15) is 0 Å². The molecular formula is C19H20N4. The van der Waals surface area contributed by atoms with E-state index in [0.29, 0.717) is 0 Å². The number of nitrogens with zero attached hydrogens (tertiary/aromatic N) is 3. The highest BCUT2D eigenvalue weighted by molar-refractivity contribution is 5.75. The van der Waals surface area contributed by atoms with Crippen molar-refractivity contribution in [2.24, 2.45) is 0 Å². The molecule has 23 heavy (non-hydrogen) atoms. The molecule has 1 aliphatic rings. The molecule has 1 aromatic heterocycles. The Balaban J connectivity index is 1.51. The SMILES string of the molecule is CN1CCCc2cc(CNc3cnc4ccccc4n3)ccc21. The first-order valence-corrected chi connectivity index (χ1v) is 8.08. The van der Waals surface area contributed by atoms with Crippen LogP contribution in [-0.4, -0.2) is 23.6 Å². The first-order valence-electron chi connectivity index (χ1n) is 8.08. The van der Waals surface area contributed by atoms with Crippen LogP contribution in [0.4, 0.5) is 11.5 Å². The van der Waals surface area contributed by atoms with E-state index in [1.165, 1.54) is 29.7 Å². The average molecular weight is 304 g/mol. The summed E-state index contributed by atoms with van der Waals surface area (Å²) in [6.07, 6.45) is 4.20. The quantitative estimate of drug-likeness (QED) is 0.802. The standard InChI is InChI=1S/C19H20N4/c1-23-10-4-5-15-11-14(8-9-18(15)23)12-21-19-13-20-16-6-2-3-7-17(16)22-19/h2-3,6-9,11,13H,4-5,10,12H2,1H3,(H,21,22). The number of anilines is 2. The minimum absolute atomic E-state index is 0.768. The fourth-order valence-corrected chi connectivity index (χ4v) is 3.18. The van der Waals surface area contributed by atoms with Crippen molar-refractivity contribution in [1.82, 2.24) is 9.97 Å². The van der Waals surface area contributed by atoms with Crippen molar-refractivity contribution in [3.8, 4) is 0 Å². The zero-order valence-electron chi connectivity index (χ0n) is 13.3. The van der Waals surface area contributed by atoms with Gasteiger partial charge in [0.05, 0.1) is 17.2 Å². The highest BCUT2D eigenvalue weighted by Crippen LogP contribution is 2.27. The van der Waals surface area contributed by atoms with Gasteiger partial charge in [0.25, 0.3) is 0 Å². The van der Waals surface area contributed by atoms with Crippen LogP contribution in [0.25, 0.3) is 11.0 Å². The number of hydrogen-bond acceptors (Lipinski definition) is 4. The molecule has 0 spiro atoms. The molecule has 0 bridgehead atoms. The fourth-order valence-electron chi connectivity index (χ4n) is 3.18. The predicted octanol–water partition coefficient (Wildman–Crippen LogP) is 3.62. The molecule has 1 N–H and O–H groups in total. The maximum absolute atomic E-state index is 4.61. The number of nitrogens with one attached hydrogen (secondary N) is 1. The second-order valence-corrected chi connectivity index (χ2v) is 6.09. The minimum Gasteiger partial charge on any atom is -0.374 e. The third-order valence-corrected chi connectivity index (χ3v) is 4.42. The van der Waals surface area contributed by atoms with Gasteiger partial charge in [-0.3, -0.25) is 4.98 Å². The monoisotopic (exact) mass is 304 g/mol. The Kier molecular flexibility index (Phi) is 3.58. The van der Waals surface area contributed by atoms with E-state index in [1.807, 2.05) is 24.3 Å². The van der Waals surface area contributed by atoms with Crippen LogP contribution in [-0.2, 0) is 13.0 Å². The molecule has 0 amide bonds. The molecule has 3 aromatic rings. The van der Waals surface area contributed by atoms with Gasteiger partial charge in [0, 0.05) is 25.8 Å². The summed E-state index contributed by atoms with van der Waals surface area (Å²) in [5, 5.41) is 3.38. The smallest absolute Gasteiger partial charge is 0.145 e. The third-order valence-electron chi connectivity index (χ3n) is 4.42. The van der Waals surface area contributed by atoms with Crippen LogP contribution < -0.4 is 10.2 Å². The fraction of sp³-hybridized carbons (Fsp3) is 0.263. The van der Waals surface area contributed by atoms with Gasteiger partial charge in [-0.15, -0.1) is 0 Å². The highest BCUT2D eigenvalue weighted by Gasteiger charge is 2.13. The largest absolute Gasteiger partial charge is 0.374 e. The maximum Gasteiger partial charge on any atom is 0.145 e. The lowest BCUT2D eigenvalue weighted by Gasteiger charge is -2.27. The van der Waals surface area contributed by atoms with E-state index in [2.05, 4.69) is 45.4 Å². The minimum atomic E-state index is 0.768. The molecule has 0 atom stereocenters. The second kappa shape index (κ2) is 5.88. The summed E-state index contributed by atoms with van der Waals surface area (Å²) in [5.74, 6) is 0.818. The van der Waals surface area contributed by atoms with Gasteiger partial charge < -0.3 is 10.2 Å². The van der Waals surface area contributed by atoms with Crippen LogP contribution in [0.1, 0.15) is 17.5 Å². The third kappa shape index (κ3) is 2.84. The van der Waals surface area contributed by atoms with E-state index >= 15 is 0 Å². The van der Waals surface area contributed by atoms with E-state index < -0.39 is 0 Å². The van der Waals surface area contributed by atoms with E-state index in [4.69, 9.17) is 0 Å². The van der Waals surface area contributed by atoms with E-state index in [0.717, 1.165) is 29.9 Å². The number of aryl methyl sites for hydroxylation is 1. The van der Waals surface area contributed by atoms with Gasteiger partial charge >= 0.3 is 0 Å². The van der Waals surface area contributed by atoms with Crippen molar-refractivity contribution in [1.29, 1.82) is 0 Å². The Bertz CT molecular complexity index is 844. The Morgan fingerprint density at radius 1 is 1.13 bits per heavy atom. The summed E-state index contributed by atoms with van der Waals surface area (Å²) in [7, 11) is 2.17. The Morgan fingerprint density at radius 3 is 2.91 bits per heavy atom. The van der Waals surface area contributed by atoms with Gasteiger partial charge in [0.1, 0.15) is 5.82 Å². The molecule has 2 heterocycles. The zero-order chi connectivity index (χ0) is 15.6. The summed E-state index contributed by atoms with van der Waals surface area (Å²) in [6, 6.07) is 14.7. The zero-order valence-corrected chi connectivity index (χ0v) is 13.3. The average Bonchev–Trinajstić information content (AvgIpc) is 2.60. The van der Waals surface area contributed by atoms with Gasteiger partial charge in [-0.1, -0.05) is 24.3 Å². The van der Waals surface area contributed by atoms with Crippen LogP contribution in [0.5, 0.6) is 0 Å². The Hall–Kier alpha value is -2.62. The second-order valence-electron chi connectivity index (χ2n) is 6.09.